The summed E-state index contributed by atoms with van der Waals surface area (Å²) in [7, 11) is -4.12. The topological polar surface area (TPSA) is 124 Å². The van der Waals surface area contributed by atoms with Gasteiger partial charge in [0, 0.05) is 31.1 Å². The zero-order valence-electron chi connectivity index (χ0n) is 20.1. The highest BCUT2D eigenvalue weighted by atomic mass is 32.2. The van der Waals surface area contributed by atoms with Gasteiger partial charge in [0.05, 0.1) is 13.0 Å². The second-order valence-corrected chi connectivity index (χ2v) is 9.94. The molecule has 0 radical (unpaired) electrons. The van der Waals surface area contributed by atoms with E-state index in [0.29, 0.717) is 11.0 Å². The van der Waals surface area contributed by atoms with Gasteiger partial charge in [-0.25, -0.2) is 0 Å². The van der Waals surface area contributed by atoms with E-state index in [9.17, 15) is 18.3 Å². The minimum absolute atomic E-state index is 0.0231. The number of aromatic nitrogens is 3. The number of fused-ring (bicyclic) bond motifs is 1. The Kier molecular flexibility index (Phi) is 7.01. The van der Waals surface area contributed by atoms with E-state index in [0.717, 1.165) is 32.1 Å². The summed E-state index contributed by atoms with van der Waals surface area (Å²) in [5.74, 6) is -1.38. The van der Waals surface area contributed by atoms with Crippen LogP contribution in [0.25, 0.3) is 11.0 Å². The number of aliphatic hydroxyl groups excluding tert-OH is 1. The first-order chi connectivity index (χ1) is 17.1. The minimum atomic E-state index is -4.12. The molecule has 4 rings (SSSR count). The molecule has 2 aromatic carbocycles. The van der Waals surface area contributed by atoms with Crippen molar-refractivity contribution in [3.63, 3.8) is 0 Å². The molecule has 1 aromatic heterocycles. The molecule has 3 aromatic rings. The molecular formula is C25H26N4O6S. The number of hydrogen-bond donors (Lipinski definition) is 1. The predicted molar refractivity (Wildman–Crippen MR) is 132 cm³/mol. The monoisotopic (exact) mass is 510 g/mol. The number of rotatable bonds is 7. The fourth-order valence-electron chi connectivity index (χ4n) is 4.28. The number of carbonyl (C=O) groups is 1. The van der Waals surface area contributed by atoms with Gasteiger partial charge < -0.3 is 14.0 Å². The van der Waals surface area contributed by atoms with E-state index in [1.54, 1.807) is 6.92 Å². The number of hydrogen-bond acceptors (Lipinski definition) is 8. The van der Waals surface area contributed by atoms with Crippen LogP contribution in [0.2, 0.25) is 0 Å². The third-order valence-electron chi connectivity index (χ3n) is 6.19. The first kappa shape index (κ1) is 25.2. The van der Waals surface area contributed by atoms with Gasteiger partial charge in [-0.15, -0.1) is 5.10 Å². The highest BCUT2D eigenvalue weighted by Gasteiger charge is 2.30. The molecule has 188 valence electrons. The summed E-state index contributed by atoms with van der Waals surface area (Å²) >= 11 is 0. The van der Waals surface area contributed by atoms with Crippen LogP contribution in [0.5, 0.6) is 0 Å². The van der Waals surface area contributed by atoms with E-state index in [-0.39, 0.29) is 38.0 Å². The van der Waals surface area contributed by atoms with Gasteiger partial charge >= 0.3 is 16.3 Å². The Bertz CT molecular complexity index is 1500. The Labute approximate surface area is 209 Å². The van der Waals surface area contributed by atoms with Gasteiger partial charge in [-0.1, -0.05) is 35.9 Å². The number of ether oxygens (including phenoxy) is 1. The van der Waals surface area contributed by atoms with Crippen molar-refractivity contribution in [2.75, 3.05) is 13.2 Å². The van der Waals surface area contributed by atoms with Crippen LogP contribution in [0.4, 0.5) is 0 Å². The molecule has 1 aliphatic rings. The van der Waals surface area contributed by atoms with Crippen molar-refractivity contribution in [1.82, 2.24) is 19.3 Å². The molecule has 0 saturated carbocycles. The second-order valence-electron chi connectivity index (χ2n) is 8.40. The molecule has 1 aliphatic heterocycles. The van der Waals surface area contributed by atoms with Gasteiger partial charge in [0.25, 0.3) is 5.95 Å². The Balaban J connectivity index is 1.77. The molecule has 0 amide bonds. The van der Waals surface area contributed by atoms with Gasteiger partial charge in [-0.3, -0.25) is 4.79 Å². The van der Waals surface area contributed by atoms with Crippen molar-refractivity contribution >= 4 is 27.3 Å². The van der Waals surface area contributed by atoms with Crippen LogP contribution in [0.3, 0.4) is 0 Å². The lowest BCUT2D eigenvalue weighted by Gasteiger charge is -2.25. The number of aliphatic hydroxyl groups is 1. The van der Waals surface area contributed by atoms with Crippen LogP contribution >= 0.6 is 0 Å². The van der Waals surface area contributed by atoms with Crippen molar-refractivity contribution < 1.29 is 27.2 Å². The molecule has 36 heavy (non-hydrogen) atoms. The largest absolute Gasteiger partial charge is 0.480 e. The number of terminal acetylenes is 1. The smallest absolute Gasteiger partial charge is 0.388 e. The summed E-state index contributed by atoms with van der Waals surface area (Å²) in [6.45, 7) is 5.79. The fourth-order valence-corrected chi connectivity index (χ4v) is 5.22. The van der Waals surface area contributed by atoms with Gasteiger partial charge in [0.15, 0.2) is 0 Å². The number of carbonyl (C=O) groups excluding carboxylic acids is 1. The quantitative estimate of drug-likeness (QED) is 0.380. The molecule has 1 N–H and O–H groups in total. The summed E-state index contributed by atoms with van der Waals surface area (Å²) in [5.41, 5.74) is 5.42. The minimum Gasteiger partial charge on any atom is -0.480 e. The van der Waals surface area contributed by atoms with E-state index in [1.165, 1.54) is 10.8 Å². The van der Waals surface area contributed by atoms with Crippen LogP contribution in [0.15, 0.2) is 42.4 Å². The van der Waals surface area contributed by atoms with Crippen molar-refractivity contribution in [3.8, 4) is 12.5 Å². The molecule has 11 heteroatoms. The highest BCUT2D eigenvalue weighted by molar-refractivity contribution is 7.84. The molecule has 10 nitrogen and oxygen atoms in total. The number of nitrogens with zero attached hydrogens (tertiary/aromatic N) is 4. The maximum Gasteiger partial charge on any atom is 0.388 e. The molecule has 2 heterocycles. The average Bonchev–Trinajstić information content (AvgIpc) is 3.25. The molecular weight excluding hydrogens is 484 g/mol. The average molecular weight is 511 g/mol. The Morgan fingerprint density at radius 2 is 2.08 bits per heavy atom. The molecule has 1 unspecified atom stereocenters. The third kappa shape index (κ3) is 4.91. The third-order valence-corrected chi connectivity index (χ3v) is 7.48. The van der Waals surface area contributed by atoms with E-state index >= 15 is 0 Å². The first-order valence-electron chi connectivity index (χ1n) is 11.3. The lowest BCUT2D eigenvalue weighted by atomic mass is 9.84. The SMILES string of the molecule is C#Cn1nnc2c(C)c(C(CC(=O)OCC)c3ccc(C)c(CN4CC=C(O)OS4(=O)=O)c3)ccc21. The van der Waals surface area contributed by atoms with Crippen LogP contribution in [-0.4, -0.2) is 51.9 Å². The predicted octanol–water partition coefficient (Wildman–Crippen LogP) is 3.05. The van der Waals surface area contributed by atoms with Crippen LogP contribution in [-0.2, 0) is 30.6 Å². The van der Waals surface area contributed by atoms with Crippen molar-refractivity contribution in [2.24, 2.45) is 0 Å². The van der Waals surface area contributed by atoms with Crippen molar-refractivity contribution in [3.05, 3.63) is 70.2 Å². The van der Waals surface area contributed by atoms with Crippen molar-refractivity contribution in [2.45, 2.75) is 39.7 Å². The van der Waals surface area contributed by atoms with E-state index < -0.39 is 16.2 Å². The second kappa shape index (κ2) is 10.0. The molecule has 1 atom stereocenters. The van der Waals surface area contributed by atoms with Crippen LogP contribution < -0.4 is 0 Å². The lowest BCUT2D eigenvalue weighted by Crippen LogP contribution is -2.35. The van der Waals surface area contributed by atoms with Gasteiger partial charge in [0.2, 0.25) is 0 Å². The summed E-state index contributed by atoms with van der Waals surface area (Å²) in [4.78, 5) is 12.6. The van der Waals surface area contributed by atoms with Gasteiger partial charge in [-0.05, 0) is 54.7 Å². The number of esters is 1. The summed E-state index contributed by atoms with van der Waals surface area (Å²) in [6, 6.07) is 11.9. The maximum absolute atomic E-state index is 12.6. The first-order valence-corrected chi connectivity index (χ1v) is 12.7. The highest BCUT2D eigenvalue weighted by Crippen LogP contribution is 2.35. The Hall–Kier alpha value is -3.88. The maximum atomic E-state index is 12.6. The number of benzene rings is 2. The standard InChI is InChI=1S/C25H26N4O6S/c1-5-29-22-10-9-20(17(4)25(22)26-27-29)21(14-24(31)34-6-2)18-8-7-16(3)19(13-18)15-28-12-11-23(30)35-36(28,32)33/h1,7-11,13,21,30H,6,12,14-15H2,2-4H3. The van der Waals surface area contributed by atoms with Crippen LogP contribution in [0.1, 0.15) is 47.1 Å². The normalized spacial score (nSPS) is 16.1. The fraction of sp³-hybridized carbons (Fsp3) is 0.320. The molecule has 0 fully saturated rings. The number of aryl methyl sites for hydroxylation is 2. The zero-order valence-corrected chi connectivity index (χ0v) is 20.9. The summed E-state index contributed by atoms with van der Waals surface area (Å²) < 4.78 is 37.1. The lowest BCUT2D eigenvalue weighted by molar-refractivity contribution is -0.143. The van der Waals surface area contributed by atoms with Crippen molar-refractivity contribution in [1.29, 1.82) is 0 Å². The van der Waals surface area contributed by atoms with E-state index in [4.69, 9.17) is 11.2 Å². The molecule has 0 bridgehead atoms. The summed E-state index contributed by atoms with van der Waals surface area (Å²) in [5, 5.41) is 17.6. The summed E-state index contributed by atoms with van der Waals surface area (Å²) in [6.07, 6.45) is 6.87. The molecule has 0 aliphatic carbocycles. The zero-order chi connectivity index (χ0) is 26.0. The van der Waals surface area contributed by atoms with Crippen LogP contribution in [0, 0.1) is 26.3 Å². The van der Waals surface area contributed by atoms with Gasteiger partial charge in [0.1, 0.15) is 11.0 Å². The van der Waals surface area contributed by atoms with E-state index in [2.05, 4.69) is 20.5 Å². The Morgan fingerprint density at radius 3 is 2.78 bits per heavy atom. The molecule has 0 spiro atoms. The van der Waals surface area contributed by atoms with Gasteiger partial charge in [-0.2, -0.15) is 17.4 Å². The Morgan fingerprint density at radius 1 is 1.31 bits per heavy atom. The van der Waals surface area contributed by atoms with E-state index in [1.807, 2.05) is 44.2 Å². The molecule has 0 saturated heterocycles.